The number of nitrogens with zero attached hydrogens (tertiary/aromatic N) is 4. The quantitative estimate of drug-likeness (QED) is 0.180. The van der Waals surface area contributed by atoms with Crippen molar-refractivity contribution < 1.29 is 19.5 Å². The maximum atomic E-state index is 4.82. The molecule has 2 aromatic heterocycles. The molecule has 0 bridgehead atoms. The normalized spacial score (nSPS) is 10.6. The van der Waals surface area contributed by atoms with Gasteiger partial charge >= 0.3 is 19.5 Å². The van der Waals surface area contributed by atoms with E-state index in [0.717, 1.165) is 56.2 Å². The van der Waals surface area contributed by atoms with E-state index in [0.29, 0.717) is 0 Å². The summed E-state index contributed by atoms with van der Waals surface area (Å²) in [4.78, 5) is 9.64. The molecule has 0 saturated heterocycles. The number of benzene rings is 6. The molecule has 0 atom stereocenters. The number of rotatable bonds is 4. The third-order valence-corrected chi connectivity index (χ3v) is 7.21. The summed E-state index contributed by atoms with van der Waals surface area (Å²) in [6, 6.07) is 57.9. The summed E-state index contributed by atoms with van der Waals surface area (Å²) in [6.07, 6.45) is 0. The Labute approximate surface area is 263 Å². The molecule has 2 heterocycles. The molecule has 8 aromatic rings. The van der Waals surface area contributed by atoms with Crippen molar-refractivity contribution in [2.45, 2.75) is 0 Å². The zero-order chi connectivity index (χ0) is 28.1. The Hall–Kier alpha value is -5.12. The van der Waals surface area contributed by atoms with Gasteiger partial charge in [-0.05, 0) is 48.5 Å². The van der Waals surface area contributed by atoms with Crippen LogP contribution in [0.15, 0.2) is 170 Å². The molecule has 0 saturated carbocycles. The van der Waals surface area contributed by atoms with Gasteiger partial charge in [-0.25, -0.2) is 9.97 Å². The first kappa shape index (κ1) is 28.0. The first-order valence-electron chi connectivity index (χ1n) is 14.0. The van der Waals surface area contributed by atoms with Gasteiger partial charge in [0, 0.05) is 22.5 Å². The van der Waals surface area contributed by atoms with Crippen molar-refractivity contribution in [3.63, 3.8) is 0 Å². The summed E-state index contributed by atoms with van der Waals surface area (Å²) in [5, 5.41) is 0. The molecular formula is C38H28N4Ru+3. The number of hydrogen-bond acceptors (Lipinski definition) is 2. The summed E-state index contributed by atoms with van der Waals surface area (Å²) in [6.45, 7) is 0. The van der Waals surface area contributed by atoms with Crippen LogP contribution in [0, 0.1) is 0 Å². The van der Waals surface area contributed by atoms with Crippen LogP contribution in [0.2, 0.25) is 0 Å². The van der Waals surface area contributed by atoms with Crippen LogP contribution >= 0.6 is 0 Å². The van der Waals surface area contributed by atoms with E-state index in [1.165, 1.54) is 0 Å². The summed E-state index contributed by atoms with van der Waals surface area (Å²) >= 11 is 0. The third kappa shape index (κ3) is 5.68. The Balaban J connectivity index is 0.000000150. The van der Waals surface area contributed by atoms with Crippen LogP contribution in [0.1, 0.15) is 0 Å². The van der Waals surface area contributed by atoms with Crippen molar-refractivity contribution in [1.29, 1.82) is 0 Å². The predicted molar refractivity (Wildman–Crippen MR) is 173 cm³/mol. The fourth-order valence-corrected chi connectivity index (χ4v) is 5.29. The maximum Gasteiger partial charge on any atom is 3.00 e. The van der Waals surface area contributed by atoms with Crippen molar-refractivity contribution in [2.24, 2.45) is 0 Å². The van der Waals surface area contributed by atoms with E-state index in [9.17, 15) is 0 Å². The van der Waals surface area contributed by atoms with E-state index >= 15 is 0 Å². The number of fused-ring (bicyclic) bond motifs is 2. The molecule has 0 N–H and O–H groups in total. The molecule has 0 amide bonds. The van der Waals surface area contributed by atoms with Crippen LogP contribution in [-0.4, -0.2) is 19.1 Å². The van der Waals surface area contributed by atoms with Gasteiger partial charge in [0.1, 0.15) is 11.6 Å². The van der Waals surface area contributed by atoms with E-state index in [4.69, 9.17) is 9.97 Å². The molecule has 1 radical (unpaired) electrons. The third-order valence-electron chi connectivity index (χ3n) is 7.21. The summed E-state index contributed by atoms with van der Waals surface area (Å²) in [5.74, 6) is 1.95. The van der Waals surface area contributed by atoms with E-state index in [1.54, 1.807) is 0 Å². The summed E-state index contributed by atoms with van der Waals surface area (Å²) in [7, 11) is 0. The molecule has 6 aromatic carbocycles. The molecule has 43 heavy (non-hydrogen) atoms. The number of aromatic nitrogens is 4. The van der Waals surface area contributed by atoms with Gasteiger partial charge in [-0.1, -0.05) is 121 Å². The van der Waals surface area contributed by atoms with Gasteiger partial charge in [0.15, 0.2) is 0 Å². The second kappa shape index (κ2) is 12.8. The van der Waals surface area contributed by atoms with Gasteiger partial charge < -0.3 is 0 Å². The Morgan fingerprint density at radius 1 is 0.326 bits per heavy atom. The standard InChI is InChI=1S/2C19H14N2.Ru/c2*1-3-9-15(10-4-1)19-20-17-13-7-8-14-18(17)21(19)16-11-5-2-6-12-16;/h2*1-14H;/q;;+3. The topological polar surface area (TPSA) is 35.6 Å². The Morgan fingerprint density at radius 3 is 1.00 bits per heavy atom. The van der Waals surface area contributed by atoms with Crippen LogP contribution < -0.4 is 0 Å². The smallest absolute Gasteiger partial charge is 0.292 e. The number of imidazole rings is 2. The van der Waals surface area contributed by atoms with Crippen molar-refractivity contribution in [2.75, 3.05) is 0 Å². The van der Waals surface area contributed by atoms with E-state index in [-0.39, 0.29) is 19.5 Å². The Morgan fingerprint density at radius 2 is 0.628 bits per heavy atom. The van der Waals surface area contributed by atoms with Crippen molar-refractivity contribution in [3.8, 4) is 34.2 Å². The van der Waals surface area contributed by atoms with Crippen molar-refractivity contribution >= 4 is 22.1 Å². The Kier molecular flexibility index (Phi) is 8.35. The number of para-hydroxylation sites is 6. The largest absolute Gasteiger partial charge is 3.00 e. The van der Waals surface area contributed by atoms with E-state index < -0.39 is 0 Å². The van der Waals surface area contributed by atoms with Crippen molar-refractivity contribution in [3.05, 3.63) is 170 Å². The number of hydrogen-bond donors (Lipinski definition) is 0. The predicted octanol–water partition coefficient (Wildman–Crippen LogP) is 9.38. The monoisotopic (exact) mass is 642 g/mol. The van der Waals surface area contributed by atoms with Gasteiger partial charge in [0.05, 0.1) is 22.1 Å². The average Bonchev–Trinajstić information content (AvgIpc) is 3.66. The van der Waals surface area contributed by atoms with Crippen LogP contribution in [0.25, 0.3) is 56.2 Å². The second-order valence-electron chi connectivity index (χ2n) is 9.92. The van der Waals surface area contributed by atoms with Crippen LogP contribution in [0.5, 0.6) is 0 Å². The Bertz CT molecular complexity index is 1910. The minimum Gasteiger partial charge on any atom is -0.292 e. The molecule has 0 fully saturated rings. The molecule has 8 rings (SSSR count). The van der Waals surface area contributed by atoms with Crippen LogP contribution in [-0.2, 0) is 19.5 Å². The van der Waals surface area contributed by atoms with Gasteiger partial charge in [-0.15, -0.1) is 0 Å². The fourth-order valence-electron chi connectivity index (χ4n) is 5.29. The zero-order valence-electron chi connectivity index (χ0n) is 23.3. The fraction of sp³-hybridized carbons (Fsp3) is 0. The van der Waals surface area contributed by atoms with E-state index in [2.05, 4.69) is 118 Å². The van der Waals surface area contributed by atoms with Crippen molar-refractivity contribution in [1.82, 2.24) is 19.1 Å². The molecule has 5 heteroatoms. The molecule has 0 aliphatic rings. The first-order valence-corrected chi connectivity index (χ1v) is 14.0. The van der Waals surface area contributed by atoms with E-state index in [1.807, 2.05) is 60.7 Å². The van der Waals surface area contributed by atoms with Gasteiger partial charge in [0.25, 0.3) is 0 Å². The molecule has 0 unspecified atom stereocenters. The van der Waals surface area contributed by atoms with Crippen LogP contribution in [0.3, 0.4) is 0 Å². The van der Waals surface area contributed by atoms with Crippen LogP contribution in [0.4, 0.5) is 0 Å². The molecule has 205 valence electrons. The van der Waals surface area contributed by atoms with Gasteiger partial charge in [-0.2, -0.15) is 0 Å². The summed E-state index contributed by atoms with van der Waals surface area (Å²) in [5.41, 5.74) is 8.79. The summed E-state index contributed by atoms with van der Waals surface area (Å²) < 4.78 is 4.43. The minimum atomic E-state index is 0. The van der Waals surface area contributed by atoms with Gasteiger partial charge in [0.2, 0.25) is 0 Å². The second-order valence-corrected chi connectivity index (χ2v) is 9.92. The molecule has 0 aliphatic heterocycles. The zero-order valence-corrected chi connectivity index (χ0v) is 25.0. The molecule has 4 nitrogen and oxygen atoms in total. The van der Waals surface area contributed by atoms with Gasteiger partial charge in [-0.3, -0.25) is 9.13 Å². The molecule has 0 aliphatic carbocycles. The SMILES string of the molecule is [Ru+3].c1ccc(-c2nc3ccccc3n2-c2ccccc2)cc1.c1ccc(-c2nc3ccccc3n2-c2ccccc2)cc1. The molecular weight excluding hydrogens is 614 g/mol. The molecule has 0 spiro atoms. The average molecular weight is 642 g/mol. The maximum absolute atomic E-state index is 4.82. The first-order chi connectivity index (χ1) is 20.9. The minimum absolute atomic E-state index is 0.